The second kappa shape index (κ2) is 8.45. The Morgan fingerprint density at radius 1 is 1.26 bits per heavy atom. The van der Waals surface area contributed by atoms with Gasteiger partial charge in [-0.3, -0.25) is 4.79 Å². The van der Waals surface area contributed by atoms with Gasteiger partial charge in [0.2, 0.25) is 0 Å². The van der Waals surface area contributed by atoms with Gasteiger partial charge in [0.1, 0.15) is 18.1 Å². The summed E-state index contributed by atoms with van der Waals surface area (Å²) >= 11 is 0. The fraction of sp³-hybridized carbons (Fsp3) is 0.542. The third kappa shape index (κ3) is 4.45. The van der Waals surface area contributed by atoms with Crippen molar-refractivity contribution in [2.45, 2.75) is 56.7 Å². The normalized spacial score (nSPS) is 28.7. The Hall–Kier alpha value is -2.09. The van der Waals surface area contributed by atoms with Gasteiger partial charge in [0, 0.05) is 0 Å². The molecule has 5 atom stereocenters. The van der Waals surface area contributed by atoms with E-state index < -0.39 is 37.8 Å². The number of fused-ring (bicyclic) bond motifs is 1. The highest BCUT2D eigenvalue weighted by Crippen LogP contribution is 2.50. The number of hydrogen-bond donors (Lipinski definition) is 1. The minimum absolute atomic E-state index is 0.00169. The van der Waals surface area contributed by atoms with Crippen LogP contribution in [-0.2, 0) is 14.0 Å². The molecule has 1 aliphatic carbocycles. The number of methoxy groups -OCH3 is 1. The summed E-state index contributed by atoms with van der Waals surface area (Å²) < 4.78 is 23.7. The van der Waals surface area contributed by atoms with Gasteiger partial charge in [0.05, 0.1) is 31.2 Å². The molecule has 1 aromatic carbocycles. The van der Waals surface area contributed by atoms with Gasteiger partial charge in [-0.25, -0.2) is 0 Å². The highest BCUT2D eigenvalue weighted by atomic mass is 28.4. The van der Waals surface area contributed by atoms with Crippen LogP contribution in [0.2, 0.25) is 18.1 Å². The molecule has 1 heterocycles. The van der Waals surface area contributed by atoms with Gasteiger partial charge in [-0.05, 0) is 48.5 Å². The molecule has 170 valence electrons. The average molecular weight is 447 g/mol. The number of benzene rings is 1. The first-order valence-electron chi connectivity index (χ1n) is 10.6. The molecule has 1 aliphatic heterocycles. The summed E-state index contributed by atoms with van der Waals surface area (Å²) in [5, 5.41) is 10.6. The highest BCUT2D eigenvalue weighted by Gasteiger charge is 2.63. The van der Waals surface area contributed by atoms with Gasteiger partial charge in [-0.2, -0.15) is 0 Å². The molecule has 0 radical (unpaired) electrons. The van der Waals surface area contributed by atoms with Crippen LogP contribution in [0.15, 0.2) is 49.1 Å². The Morgan fingerprint density at radius 2 is 1.87 bits per heavy atom. The van der Waals surface area contributed by atoms with Crippen molar-refractivity contribution >= 4 is 14.3 Å². The van der Waals surface area contributed by atoms with Gasteiger partial charge in [0.25, 0.3) is 0 Å². The van der Waals surface area contributed by atoms with Crippen molar-refractivity contribution in [3.05, 3.63) is 49.1 Å². The zero-order valence-electron chi connectivity index (χ0n) is 19.3. The smallest absolute Gasteiger partial charge is 0.313 e. The number of carbonyl (C=O) groups excluding carboxylic acids is 1. The number of hydrogen-bond acceptors (Lipinski definition) is 6. The molecule has 0 aromatic heterocycles. The van der Waals surface area contributed by atoms with Crippen molar-refractivity contribution in [2.75, 3.05) is 13.7 Å². The molecule has 1 aromatic rings. The van der Waals surface area contributed by atoms with Crippen LogP contribution >= 0.6 is 0 Å². The molecule has 6 nitrogen and oxygen atoms in total. The Morgan fingerprint density at radius 3 is 2.42 bits per heavy atom. The van der Waals surface area contributed by atoms with Gasteiger partial charge in [-0.1, -0.05) is 32.9 Å². The zero-order valence-corrected chi connectivity index (χ0v) is 20.3. The van der Waals surface area contributed by atoms with E-state index in [-0.39, 0.29) is 17.7 Å². The van der Waals surface area contributed by atoms with Crippen LogP contribution in [0.1, 0.15) is 20.8 Å². The molecule has 0 saturated carbocycles. The van der Waals surface area contributed by atoms with Crippen molar-refractivity contribution in [1.29, 1.82) is 0 Å². The predicted molar refractivity (Wildman–Crippen MR) is 122 cm³/mol. The van der Waals surface area contributed by atoms with E-state index in [1.807, 2.05) is 24.3 Å². The van der Waals surface area contributed by atoms with E-state index in [1.54, 1.807) is 19.2 Å². The lowest BCUT2D eigenvalue weighted by atomic mass is 9.79. The van der Waals surface area contributed by atoms with Crippen molar-refractivity contribution in [3.8, 4) is 11.5 Å². The van der Waals surface area contributed by atoms with E-state index in [2.05, 4.69) is 40.4 Å². The van der Waals surface area contributed by atoms with Crippen LogP contribution in [0, 0.1) is 11.8 Å². The van der Waals surface area contributed by atoms with Crippen LogP contribution in [-0.4, -0.2) is 50.9 Å². The molecule has 1 fully saturated rings. The number of aliphatic hydroxyl groups excluding tert-OH is 1. The second-order valence-corrected chi connectivity index (χ2v) is 14.6. The third-order valence-electron chi connectivity index (χ3n) is 6.81. The van der Waals surface area contributed by atoms with E-state index in [9.17, 15) is 9.90 Å². The second-order valence-electron chi connectivity index (χ2n) is 9.82. The summed E-state index contributed by atoms with van der Waals surface area (Å²) in [5.74, 6) is -0.251. The first-order valence-corrected chi connectivity index (χ1v) is 13.5. The average Bonchev–Trinajstić information content (AvgIpc) is 3.18. The molecule has 0 amide bonds. The van der Waals surface area contributed by atoms with Crippen LogP contribution in [0.4, 0.5) is 0 Å². The molecule has 0 spiro atoms. The number of rotatable bonds is 8. The minimum Gasteiger partial charge on any atom is -0.497 e. The fourth-order valence-corrected chi connectivity index (χ4v) is 5.21. The topological polar surface area (TPSA) is 74.2 Å². The lowest BCUT2D eigenvalue weighted by molar-refractivity contribution is -0.150. The number of esters is 1. The Kier molecular flexibility index (Phi) is 6.42. The van der Waals surface area contributed by atoms with E-state index in [4.69, 9.17) is 18.6 Å². The molecule has 1 saturated heterocycles. The first-order chi connectivity index (χ1) is 14.4. The lowest BCUT2D eigenvalue weighted by Gasteiger charge is -2.41. The van der Waals surface area contributed by atoms with Crippen molar-refractivity contribution < 1.29 is 28.5 Å². The van der Waals surface area contributed by atoms with E-state index in [0.717, 1.165) is 5.75 Å². The number of carbonyl (C=O) groups is 1. The predicted octanol–water partition coefficient (Wildman–Crippen LogP) is 4.11. The standard InChI is InChI=1S/C24H34O6Si/c1-8-18(25)20-21-19(30-31(6,7)23(2,3)4)13-14-24(21,29-22(20)26)15-28-17-11-9-16(27-5)10-12-17/h8-14,18-21,25H,1,15H2,2-7H3/t18?,19-,20?,21+,24-/m1/s1. The van der Waals surface area contributed by atoms with Crippen molar-refractivity contribution in [3.63, 3.8) is 0 Å². The summed E-state index contributed by atoms with van der Waals surface area (Å²) in [6.45, 7) is 14.7. The molecule has 31 heavy (non-hydrogen) atoms. The minimum atomic E-state index is -2.14. The fourth-order valence-electron chi connectivity index (χ4n) is 3.95. The summed E-state index contributed by atoms with van der Waals surface area (Å²) in [7, 11) is -0.532. The van der Waals surface area contributed by atoms with Gasteiger partial charge in [0.15, 0.2) is 13.9 Å². The van der Waals surface area contributed by atoms with Crippen LogP contribution in [0.5, 0.6) is 11.5 Å². The van der Waals surface area contributed by atoms with Crippen LogP contribution < -0.4 is 9.47 Å². The molecule has 2 aliphatic rings. The van der Waals surface area contributed by atoms with Gasteiger partial charge >= 0.3 is 5.97 Å². The van der Waals surface area contributed by atoms with Crippen LogP contribution in [0.3, 0.4) is 0 Å². The summed E-state index contributed by atoms with van der Waals surface area (Å²) in [6.07, 6.45) is 3.83. The molecule has 7 heteroatoms. The lowest BCUT2D eigenvalue weighted by Crippen LogP contribution is -2.50. The summed E-state index contributed by atoms with van der Waals surface area (Å²) in [6, 6.07) is 7.23. The summed E-state index contributed by atoms with van der Waals surface area (Å²) in [4.78, 5) is 12.8. The Balaban J connectivity index is 1.88. The Labute approximate surface area is 186 Å². The van der Waals surface area contributed by atoms with E-state index >= 15 is 0 Å². The van der Waals surface area contributed by atoms with E-state index in [0.29, 0.717) is 5.75 Å². The molecular weight excluding hydrogens is 412 g/mol. The van der Waals surface area contributed by atoms with Crippen molar-refractivity contribution in [1.82, 2.24) is 0 Å². The van der Waals surface area contributed by atoms with Crippen molar-refractivity contribution in [2.24, 2.45) is 11.8 Å². The highest BCUT2D eigenvalue weighted by molar-refractivity contribution is 6.74. The third-order valence-corrected chi connectivity index (χ3v) is 11.3. The monoisotopic (exact) mass is 446 g/mol. The Bertz CT molecular complexity index is 841. The molecule has 3 rings (SSSR count). The number of aliphatic hydroxyl groups is 1. The number of ether oxygens (including phenoxy) is 3. The SMILES string of the molecule is C=CC(O)C1C(=O)O[C@@]2(COc3ccc(OC)cc3)C=C[C@@H](O[Si](C)(C)C(C)(C)C)[C@@H]12. The van der Waals surface area contributed by atoms with Crippen LogP contribution in [0.25, 0.3) is 0 Å². The largest absolute Gasteiger partial charge is 0.497 e. The molecular formula is C24H34O6Si. The summed E-state index contributed by atoms with van der Waals surface area (Å²) in [5.41, 5.74) is -1.00. The van der Waals surface area contributed by atoms with E-state index in [1.165, 1.54) is 6.08 Å². The maximum Gasteiger partial charge on any atom is 0.313 e. The maximum atomic E-state index is 12.8. The first kappa shape index (κ1) is 23.6. The maximum absolute atomic E-state index is 12.8. The van der Waals surface area contributed by atoms with Gasteiger partial charge < -0.3 is 23.7 Å². The molecule has 0 bridgehead atoms. The molecule has 1 N–H and O–H groups in total. The molecule has 2 unspecified atom stereocenters. The quantitative estimate of drug-likeness (QED) is 0.368. The zero-order chi connectivity index (χ0) is 23.0. The van der Waals surface area contributed by atoms with Gasteiger partial charge in [-0.15, -0.1) is 6.58 Å².